The molecule has 3 aromatic rings. The van der Waals surface area contributed by atoms with Gasteiger partial charge in [-0.25, -0.2) is 0 Å². The van der Waals surface area contributed by atoms with Crippen molar-refractivity contribution in [2.75, 3.05) is 66.1 Å². The molecule has 4 unspecified atom stereocenters. The van der Waals surface area contributed by atoms with Crippen LogP contribution < -0.4 is 9.47 Å². The third kappa shape index (κ3) is 10.0. The second kappa shape index (κ2) is 14.6. The summed E-state index contributed by atoms with van der Waals surface area (Å²) in [6.45, 7) is 13.8. The van der Waals surface area contributed by atoms with Crippen molar-refractivity contribution < 1.29 is 37.9 Å². The van der Waals surface area contributed by atoms with Crippen molar-refractivity contribution in [1.82, 2.24) is 0 Å². The summed E-state index contributed by atoms with van der Waals surface area (Å²) >= 11 is 0. The van der Waals surface area contributed by atoms with Crippen LogP contribution in [0.2, 0.25) is 0 Å². The molecule has 4 fully saturated rings. The minimum absolute atomic E-state index is 0.0870. The SMILES string of the molecule is CC(C)(c1ccc(OCC2CO2)cc1)c1ccc(OCC2CO2)cc1.CC(COCC1CO1)(COCC1CO1)c1ccccc1. The van der Waals surface area contributed by atoms with Crippen LogP contribution in [0.1, 0.15) is 37.5 Å². The van der Waals surface area contributed by atoms with Gasteiger partial charge < -0.3 is 37.9 Å². The molecule has 0 radical (unpaired) electrons. The van der Waals surface area contributed by atoms with Crippen LogP contribution in [0, 0.1) is 0 Å². The van der Waals surface area contributed by atoms with Crippen molar-refractivity contribution >= 4 is 0 Å². The lowest BCUT2D eigenvalue weighted by atomic mass is 9.78. The second-order valence-corrected chi connectivity index (χ2v) is 13.1. The van der Waals surface area contributed by atoms with Crippen LogP contribution >= 0.6 is 0 Å². The van der Waals surface area contributed by atoms with Gasteiger partial charge in [-0.2, -0.15) is 0 Å². The van der Waals surface area contributed by atoms with Gasteiger partial charge in [0.15, 0.2) is 0 Å². The largest absolute Gasteiger partial charge is 0.491 e. The molecule has 0 saturated carbocycles. The molecule has 8 nitrogen and oxygen atoms in total. The van der Waals surface area contributed by atoms with Gasteiger partial charge in [0.2, 0.25) is 0 Å². The Morgan fingerprint density at radius 1 is 0.511 bits per heavy atom. The highest BCUT2D eigenvalue weighted by atomic mass is 16.6. The lowest BCUT2D eigenvalue weighted by Crippen LogP contribution is -2.35. The van der Waals surface area contributed by atoms with Crippen LogP contribution in [0.5, 0.6) is 11.5 Å². The molecule has 242 valence electrons. The summed E-state index contributed by atoms with van der Waals surface area (Å²) in [4.78, 5) is 0. The van der Waals surface area contributed by atoms with Gasteiger partial charge in [0.05, 0.1) is 52.9 Å². The van der Waals surface area contributed by atoms with Crippen LogP contribution in [0.25, 0.3) is 0 Å². The van der Waals surface area contributed by atoms with Crippen molar-refractivity contribution in [3.05, 3.63) is 95.6 Å². The summed E-state index contributed by atoms with van der Waals surface area (Å²) < 4.78 is 43.8. The summed E-state index contributed by atoms with van der Waals surface area (Å²) in [7, 11) is 0. The Bertz CT molecular complexity index is 1230. The molecular weight excluding hydrogens is 572 g/mol. The zero-order valence-corrected chi connectivity index (χ0v) is 26.7. The third-order valence-electron chi connectivity index (χ3n) is 8.55. The van der Waals surface area contributed by atoms with Crippen LogP contribution in [-0.4, -0.2) is 90.5 Å². The van der Waals surface area contributed by atoms with Gasteiger partial charge in [0.1, 0.15) is 49.1 Å². The summed E-state index contributed by atoms with van der Waals surface area (Å²) in [5.74, 6) is 1.78. The van der Waals surface area contributed by atoms with E-state index in [1.807, 2.05) is 30.3 Å². The summed E-state index contributed by atoms with van der Waals surface area (Å²) in [5.41, 5.74) is 3.53. The molecule has 0 bridgehead atoms. The first-order valence-electron chi connectivity index (χ1n) is 16.0. The van der Waals surface area contributed by atoms with E-state index in [9.17, 15) is 0 Å². The molecule has 0 aromatic heterocycles. The Morgan fingerprint density at radius 3 is 1.27 bits per heavy atom. The summed E-state index contributed by atoms with van der Waals surface area (Å²) in [5, 5.41) is 0. The first kappa shape index (κ1) is 32.0. The fourth-order valence-electron chi connectivity index (χ4n) is 5.02. The minimum Gasteiger partial charge on any atom is -0.491 e. The van der Waals surface area contributed by atoms with Gasteiger partial charge in [-0.15, -0.1) is 0 Å². The molecule has 0 amide bonds. The van der Waals surface area contributed by atoms with E-state index in [-0.39, 0.29) is 23.0 Å². The zero-order valence-electron chi connectivity index (χ0n) is 26.7. The number of hydrogen-bond donors (Lipinski definition) is 0. The predicted molar refractivity (Wildman–Crippen MR) is 170 cm³/mol. The Morgan fingerprint density at radius 2 is 0.889 bits per heavy atom. The second-order valence-electron chi connectivity index (χ2n) is 13.1. The maximum atomic E-state index is 5.81. The van der Waals surface area contributed by atoms with E-state index in [4.69, 9.17) is 37.9 Å². The zero-order chi connectivity index (χ0) is 31.1. The highest BCUT2D eigenvalue weighted by Gasteiger charge is 2.31. The molecule has 7 rings (SSSR count). The van der Waals surface area contributed by atoms with Gasteiger partial charge in [0.25, 0.3) is 0 Å². The van der Waals surface area contributed by atoms with Gasteiger partial charge >= 0.3 is 0 Å². The smallest absolute Gasteiger partial charge is 0.119 e. The van der Waals surface area contributed by atoms with Crippen LogP contribution in [-0.2, 0) is 39.3 Å². The number of rotatable bonds is 17. The van der Waals surface area contributed by atoms with E-state index < -0.39 is 0 Å². The van der Waals surface area contributed by atoms with E-state index in [1.54, 1.807) is 0 Å². The molecule has 4 atom stereocenters. The molecule has 0 aliphatic carbocycles. The monoisotopic (exact) mass is 618 g/mol. The average molecular weight is 619 g/mol. The van der Waals surface area contributed by atoms with Crippen LogP contribution in [0.4, 0.5) is 0 Å². The predicted octanol–water partition coefficient (Wildman–Crippen LogP) is 5.34. The molecular formula is C37H46O8. The van der Waals surface area contributed by atoms with E-state index in [0.29, 0.717) is 51.8 Å². The van der Waals surface area contributed by atoms with Crippen molar-refractivity contribution in [2.45, 2.75) is 56.0 Å². The first-order chi connectivity index (χ1) is 21.9. The lowest BCUT2D eigenvalue weighted by Gasteiger charge is -2.29. The van der Waals surface area contributed by atoms with E-state index in [2.05, 4.69) is 69.3 Å². The van der Waals surface area contributed by atoms with Crippen molar-refractivity contribution in [3.8, 4) is 11.5 Å². The van der Waals surface area contributed by atoms with Crippen molar-refractivity contribution in [3.63, 3.8) is 0 Å². The van der Waals surface area contributed by atoms with Crippen molar-refractivity contribution in [1.29, 1.82) is 0 Å². The van der Waals surface area contributed by atoms with Gasteiger partial charge in [-0.1, -0.05) is 75.4 Å². The van der Waals surface area contributed by atoms with E-state index >= 15 is 0 Å². The Balaban J connectivity index is 0.000000163. The number of epoxide rings is 4. The highest BCUT2D eigenvalue weighted by Crippen LogP contribution is 2.34. The Labute approximate surface area is 266 Å². The van der Waals surface area contributed by atoms with E-state index in [0.717, 1.165) is 37.9 Å². The number of benzene rings is 3. The van der Waals surface area contributed by atoms with Crippen molar-refractivity contribution in [2.24, 2.45) is 0 Å². The standard InChI is InChI=1S/C21H24O4.C16H22O4/c1-21(2,15-3-7-17(8-4-15)22-11-19-13-24-19)16-5-9-18(10-6-16)23-12-20-14-25-20;1-16(11-17-7-14-9-19-14,12-18-8-15-10-20-15)13-5-3-2-4-6-13/h3-10,19-20H,11-14H2,1-2H3;2-6,14-15H,7-12H2,1H3. The maximum absolute atomic E-state index is 5.81. The molecule has 4 aliphatic rings. The molecule has 4 heterocycles. The molecule has 0 spiro atoms. The van der Waals surface area contributed by atoms with Gasteiger partial charge in [0, 0.05) is 10.8 Å². The fraction of sp³-hybridized carbons (Fsp3) is 0.514. The molecule has 8 heteroatoms. The fourth-order valence-corrected chi connectivity index (χ4v) is 5.02. The molecule has 4 saturated heterocycles. The molecule has 4 aliphatic heterocycles. The summed E-state index contributed by atoms with van der Waals surface area (Å²) in [6, 6.07) is 27.1. The molecule has 45 heavy (non-hydrogen) atoms. The average Bonchev–Trinajstić information content (AvgIpc) is 3.88. The number of hydrogen-bond acceptors (Lipinski definition) is 8. The quantitative estimate of drug-likeness (QED) is 0.187. The normalized spacial score (nSPS) is 24.1. The first-order valence-corrected chi connectivity index (χ1v) is 16.0. The highest BCUT2D eigenvalue weighted by molar-refractivity contribution is 5.42. The third-order valence-corrected chi connectivity index (χ3v) is 8.55. The molecule has 3 aromatic carbocycles. The topological polar surface area (TPSA) is 87.0 Å². The molecule has 0 N–H and O–H groups in total. The Kier molecular flexibility index (Phi) is 10.4. The minimum atomic E-state index is -0.134. The van der Waals surface area contributed by atoms with Crippen LogP contribution in [0.15, 0.2) is 78.9 Å². The van der Waals surface area contributed by atoms with Gasteiger partial charge in [-0.3, -0.25) is 0 Å². The lowest BCUT2D eigenvalue weighted by molar-refractivity contribution is 0.0174. The van der Waals surface area contributed by atoms with Crippen LogP contribution in [0.3, 0.4) is 0 Å². The number of ether oxygens (including phenoxy) is 8. The van der Waals surface area contributed by atoms with E-state index in [1.165, 1.54) is 16.7 Å². The van der Waals surface area contributed by atoms with Gasteiger partial charge in [-0.05, 0) is 41.0 Å². The Hall–Kier alpha value is -2.98. The summed E-state index contributed by atoms with van der Waals surface area (Å²) in [6.07, 6.45) is 1.17. The maximum Gasteiger partial charge on any atom is 0.119 e.